The summed E-state index contributed by atoms with van der Waals surface area (Å²) in [5.74, 6) is 0. The Balaban J connectivity index is 0.00000110. The van der Waals surface area contributed by atoms with E-state index in [1.165, 1.54) is 32.1 Å². The molecule has 114 valence electrons. The van der Waals surface area contributed by atoms with Crippen LogP contribution in [0.5, 0.6) is 0 Å². The fourth-order valence-electron chi connectivity index (χ4n) is 3.09. The highest BCUT2D eigenvalue weighted by Gasteiger charge is 2.25. The molecule has 0 bridgehead atoms. The summed E-state index contributed by atoms with van der Waals surface area (Å²) in [4.78, 5) is 0. The van der Waals surface area contributed by atoms with Gasteiger partial charge in [-0.3, -0.25) is 0 Å². The standard InChI is InChI=1S/C18H21P.2ClH/c1-4-10-16(11-5-1)19(17-12-6-2-7-13-17)18-14-8-3-9-15-18;;/h1-2,4-7,10-13,18H,3,8-9,14-15H2;2*1H. The zero-order valence-electron chi connectivity index (χ0n) is 12.2. The predicted molar refractivity (Wildman–Crippen MR) is 100 cm³/mol. The van der Waals surface area contributed by atoms with Crippen molar-refractivity contribution in [3.05, 3.63) is 60.7 Å². The van der Waals surface area contributed by atoms with E-state index < -0.39 is 0 Å². The molecule has 0 atom stereocenters. The Kier molecular flexibility index (Phi) is 8.34. The summed E-state index contributed by atoms with van der Waals surface area (Å²) in [6, 6.07) is 22.3. The second-order valence-corrected chi connectivity index (χ2v) is 7.84. The van der Waals surface area contributed by atoms with Gasteiger partial charge in [-0.1, -0.05) is 79.9 Å². The lowest BCUT2D eigenvalue weighted by Gasteiger charge is -2.31. The fourth-order valence-corrected chi connectivity index (χ4v) is 6.10. The summed E-state index contributed by atoms with van der Waals surface area (Å²) in [5, 5.41) is 3.10. The normalized spacial score (nSPS) is 15.1. The molecule has 2 aromatic rings. The lowest BCUT2D eigenvalue weighted by Crippen LogP contribution is -2.23. The summed E-state index contributed by atoms with van der Waals surface area (Å²) >= 11 is 0. The molecule has 3 heteroatoms. The summed E-state index contributed by atoms with van der Waals surface area (Å²) in [7, 11) is -0.169. The van der Waals surface area contributed by atoms with Crippen LogP contribution in [0, 0.1) is 0 Å². The van der Waals surface area contributed by atoms with E-state index in [9.17, 15) is 0 Å². The summed E-state index contributed by atoms with van der Waals surface area (Å²) < 4.78 is 0. The first-order valence-corrected chi connectivity index (χ1v) is 8.75. The molecule has 0 aliphatic heterocycles. The van der Waals surface area contributed by atoms with Crippen molar-refractivity contribution < 1.29 is 0 Å². The summed E-state index contributed by atoms with van der Waals surface area (Å²) in [6.07, 6.45) is 7.10. The van der Waals surface area contributed by atoms with E-state index in [1.54, 1.807) is 10.6 Å². The van der Waals surface area contributed by atoms with E-state index in [-0.39, 0.29) is 32.7 Å². The van der Waals surface area contributed by atoms with Gasteiger partial charge in [0.1, 0.15) is 0 Å². The van der Waals surface area contributed by atoms with Gasteiger partial charge in [0.2, 0.25) is 0 Å². The monoisotopic (exact) mass is 340 g/mol. The van der Waals surface area contributed by atoms with Gasteiger partial charge in [-0.2, -0.15) is 0 Å². The third-order valence-corrected chi connectivity index (χ3v) is 6.96. The van der Waals surface area contributed by atoms with Crippen molar-refractivity contribution in [1.29, 1.82) is 0 Å². The maximum absolute atomic E-state index is 2.33. The Hall–Kier alpha value is -0.550. The van der Waals surface area contributed by atoms with Gasteiger partial charge in [-0.25, -0.2) is 0 Å². The number of halogens is 2. The van der Waals surface area contributed by atoms with Gasteiger partial charge in [0.15, 0.2) is 0 Å². The number of hydrogen-bond donors (Lipinski definition) is 0. The Morgan fingerprint density at radius 3 is 1.48 bits per heavy atom. The average Bonchev–Trinajstić information content (AvgIpc) is 2.51. The van der Waals surface area contributed by atoms with E-state index in [2.05, 4.69) is 60.7 Å². The van der Waals surface area contributed by atoms with Crippen molar-refractivity contribution >= 4 is 43.3 Å². The van der Waals surface area contributed by atoms with E-state index >= 15 is 0 Å². The van der Waals surface area contributed by atoms with Crippen molar-refractivity contribution in [2.45, 2.75) is 37.8 Å². The largest absolute Gasteiger partial charge is 0.147 e. The quantitative estimate of drug-likeness (QED) is 0.665. The van der Waals surface area contributed by atoms with Crippen LogP contribution < -0.4 is 10.6 Å². The van der Waals surface area contributed by atoms with Crippen molar-refractivity contribution in [3.8, 4) is 0 Å². The average molecular weight is 341 g/mol. The molecule has 0 saturated heterocycles. The van der Waals surface area contributed by atoms with Crippen LogP contribution in [0.25, 0.3) is 0 Å². The zero-order valence-corrected chi connectivity index (χ0v) is 14.7. The first-order valence-electron chi connectivity index (χ1n) is 7.34. The minimum Gasteiger partial charge on any atom is -0.147 e. The van der Waals surface area contributed by atoms with Crippen LogP contribution in [-0.4, -0.2) is 5.66 Å². The lowest BCUT2D eigenvalue weighted by atomic mass is 10.0. The SMILES string of the molecule is Cl.Cl.c1ccc(P(c2ccccc2)C2CCCCC2)cc1. The third-order valence-electron chi connectivity index (χ3n) is 4.01. The highest BCUT2D eigenvalue weighted by atomic mass is 35.5. The van der Waals surface area contributed by atoms with Crippen LogP contribution >= 0.6 is 32.7 Å². The molecule has 1 saturated carbocycles. The van der Waals surface area contributed by atoms with Gasteiger partial charge < -0.3 is 0 Å². The van der Waals surface area contributed by atoms with E-state index in [0.717, 1.165) is 5.66 Å². The molecule has 1 fully saturated rings. The zero-order chi connectivity index (χ0) is 12.9. The van der Waals surface area contributed by atoms with Gasteiger partial charge in [0.25, 0.3) is 0 Å². The Labute approximate surface area is 141 Å². The Morgan fingerprint density at radius 1 is 0.619 bits per heavy atom. The molecule has 3 rings (SSSR count). The van der Waals surface area contributed by atoms with Gasteiger partial charge in [0, 0.05) is 0 Å². The molecular formula is C18H23Cl2P. The highest BCUT2D eigenvalue weighted by Crippen LogP contribution is 2.45. The maximum Gasteiger partial charge on any atom is -0.0129 e. The molecule has 0 heterocycles. The van der Waals surface area contributed by atoms with E-state index in [1.807, 2.05) is 0 Å². The molecule has 0 nitrogen and oxygen atoms in total. The first kappa shape index (κ1) is 18.5. The molecule has 1 aliphatic rings. The molecule has 0 N–H and O–H groups in total. The molecule has 0 radical (unpaired) electrons. The molecule has 0 aromatic heterocycles. The minimum atomic E-state index is -0.169. The number of hydrogen-bond acceptors (Lipinski definition) is 0. The van der Waals surface area contributed by atoms with Gasteiger partial charge in [0.05, 0.1) is 0 Å². The maximum atomic E-state index is 2.33. The van der Waals surface area contributed by atoms with Crippen LogP contribution in [0.2, 0.25) is 0 Å². The van der Waals surface area contributed by atoms with Crippen LogP contribution in [-0.2, 0) is 0 Å². The molecule has 0 spiro atoms. The van der Waals surface area contributed by atoms with Crippen molar-refractivity contribution in [1.82, 2.24) is 0 Å². The van der Waals surface area contributed by atoms with Crippen molar-refractivity contribution in [2.75, 3.05) is 0 Å². The lowest BCUT2D eigenvalue weighted by molar-refractivity contribution is 0.513. The predicted octanol–water partition coefficient (Wildman–Crippen LogP) is 5.30. The molecule has 2 aromatic carbocycles. The van der Waals surface area contributed by atoms with Gasteiger partial charge >= 0.3 is 0 Å². The van der Waals surface area contributed by atoms with Crippen LogP contribution in [0.15, 0.2) is 60.7 Å². The van der Waals surface area contributed by atoms with Gasteiger partial charge in [-0.15, -0.1) is 24.8 Å². The fraction of sp³-hybridized carbons (Fsp3) is 0.333. The Morgan fingerprint density at radius 2 is 1.05 bits per heavy atom. The second-order valence-electron chi connectivity index (χ2n) is 5.33. The Bertz CT molecular complexity index is 456. The van der Waals surface area contributed by atoms with Crippen molar-refractivity contribution in [3.63, 3.8) is 0 Å². The number of rotatable bonds is 3. The topological polar surface area (TPSA) is 0 Å². The van der Waals surface area contributed by atoms with E-state index in [4.69, 9.17) is 0 Å². The summed E-state index contributed by atoms with van der Waals surface area (Å²) in [5.41, 5.74) is 0.883. The summed E-state index contributed by atoms with van der Waals surface area (Å²) in [6.45, 7) is 0. The van der Waals surface area contributed by atoms with Crippen molar-refractivity contribution in [2.24, 2.45) is 0 Å². The van der Waals surface area contributed by atoms with Crippen LogP contribution in [0.3, 0.4) is 0 Å². The highest BCUT2D eigenvalue weighted by molar-refractivity contribution is 7.73. The van der Waals surface area contributed by atoms with Crippen LogP contribution in [0.1, 0.15) is 32.1 Å². The molecular weight excluding hydrogens is 318 g/mol. The second kappa shape index (κ2) is 9.46. The minimum absolute atomic E-state index is 0. The molecule has 0 unspecified atom stereocenters. The van der Waals surface area contributed by atoms with E-state index in [0.29, 0.717) is 0 Å². The van der Waals surface area contributed by atoms with Gasteiger partial charge in [-0.05, 0) is 37.0 Å². The number of benzene rings is 2. The van der Waals surface area contributed by atoms with Crippen LogP contribution in [0.4, 0.5) is 0 Å². The first-order chi connectivity index (χ1) is 9.45. The smallest absolute Gasteiger partial charge is 0.0129 e. The molecule has 21 heavy (non-hydrogen) atoms. The molecule has 0 amide bonds. The molecule has 1 aliphatic carbocycles. The third kappa shape index (κ3) is 4.71.